The molecule has 2 rings (SSSR count). The number of pyridine rings is 1. The van der Waals surface area contributed by atoms with Crippen molar-refractivity contribution in [2.45, 2.75) is 18.4 Å². The van der Waals surface area contributed by atoms with Crippen molar-refractivity contribution < 1.29 is 17.5 Å². The molecular weight excluding hydrogens is 357 g/mol. The van der Waals surface area contributed by atoms with Crippen LogP contribution in [-0.4, -0.2) is 13.0 Å². The van der Waals surface area contributed by atoms with Crippen molar-refractivity contribution in [3.8, 4) is 0 Å². The Labute approximate surface area is 138 Å². The molecule has 0 aliphatic heterocycles. The summed E-state index contributed by atoms with van der Waals surface area (Å²) >= 11 is 16.5. The number of aryl methyl sites for hydroxylation is 1. The molecule has 0 amide bonds. The van der Waals surface area contributed by atoms with Gasteiger partial charge in [0.15, 0.2) is 12.4 Å². The first kappa shape index (κ1) is 18.2. The predicted octanol–water partition coefficient (Wildman–Crippen LogP) is 3.54. The lowest BCUT2D eigenvalue weighted by Gasteiger charge is -2.09. The number of rotatable bonds is 2. The Morgan fingerprint density at radius 3 is 1.95 bits per heavy atom. The summed E-state index contributed by atoms with van der Waals surface area (Å²) in [5.41, 5.74) is 0. The predicted molar refractivity (Wildman–Crippen MR) is 81.7 cm³/mol. The van der Waals surface area contributed by atoms with Gasteiger partial charge in [-0.2, -0.15) is 0 Å². The molecule has 0 aliphatic carbocycles. The standard InChI is InChI=1S/C7H10N.C6H3Cl3O3S/c1-2-8-6-4-3-5-7-8;7-3-1-5(9)6(2-4(3)8)13(10,11)12/h3-7H,2H2,1H3;1-2H,(H,10,11,12)/q+1;/p-1. The van der Waals surface area contributed by atoms with E-state index in [-0.39, 0.29) is 15.1 Å². The molecule has 0 spiro atoms. The highest BCUT2D eigenvalue weighted by molar-refractivity contribution is 7.85. The number of halogens is 3. The first-order valence-electron chi connectivity index (χ1n) is 5.80. The Hall–Kier alpha value is -0.850. The van der Waals surface area contributed by atoms with Crippen molar-refractivity contribution >= 4 is 44.9 Å². The molecule has 1 aromatic carbocycles. The topological polar surface area (TPSA) is 61.1 Å². The molecule has 21 heavy (non-hydrogen) atoms. The third kappa shape index (κ3) is 5.80. The maximum atomic E-state index is 10.6. The summed E-state index contributed by atoms with van der Waals surface area (Å²) in [6, 6.07) is 8.12. The van der Waals surface area contributed by atoms with E-state index in [9.17, 15) is 13.0 Å². The van der Waals surface area contributed by atoms with Crippen molar-refractivity contribution in [2.24, 2.45) is 0 Å². The summed E-state index contributed by atoms with van der Waals surface area (Å²) in [7, 11) is -4.60. The Morgan fingerprint density at radius 1 is 1.00 bits per heavy atom. The molecule has 0 saturated carbocycles. The van der Waals surface area contributed by atoms with Gasteiger partial charge in [0.05, 0.1) is 20.0 Å². The van der Waals surface area contributed by atoms with E-state index in [4.69, 9.17) is 34.8 Å². The molecule has 0 radical (unpaired) electrons. The van der Waals surface area contributed by atoms with E-state index in [1.165, 1.54) is 0 Å². The van der Waals surface area contributed by atoms with Crippen LogP contribution >= 0.6 is 34.8 Å². The van der Waals surface area contributed by atoms with Crippen LogP contribution in [0.1, 0.15) is 6.92 Å². The average molecular weight is 369 g/mol. The lowest BCUT2D eigenvalue weighted by molar-refractivity contribution is -0.693. The summed E-state index contributed by atoms with van der Waals surface area (Å²) in [5.74, 6) is 0. The second-order valence-corrected chi connectivity index (χ2v) is 6.43. The number of hydrogen-bond acceptors (Lipinski definition) is 3. The van der Waals surface area contributed by atoms with Crippen LogP contribution < -0.4 is 4.57 Å². The molecule has 4 nitrogen and oxygen atoms in total. The second-order valence-electron chi connectivity index (χ2n) is 3.86. The van der Waals surface area contributed by atoms with Crippen LogP contribution in [0.4, 0.5) is 0 Å². The smallest absolute Gasteiger partial charge is 0.168 e. The fraction of sp³-hybridized carbons (Fsp3) is 0.154. The quantitative estimate of drug-likeness (QED) is 0.463. The largest absolute Gasteiger partial charge is 0.744 e. The van der Waals surface area contributed by atoms with Gasteiger partial charge in [0.25, 0.3) is 0 Å². The molecule has 8 heteroatoms. The van der Waals surface area contributed by atoms with Crippen LogP contribution in [0.3, 0.4) is 0 Å². The van der Waals surface area contributed by atoms with E-state index in [2.05, 4.69) is 23.9 Å². The third-order valence-electron chi connectivity index (χ3n) is 2.39. The fourth-order valence-electron chi connectivity index (χ4n) is 1.34. The zero-order valence-corrected chi connectivity index (χ0v) is 14.0. The minimum Gasteiger partial charge on any atom is -0.744 e. The van der Waals surface area contributed by atoms with Crippen molar-refractivity contribution in [3.63, 3.8) is 0 Å². The summed E-state index contributed by atoms with van der Waals surface area (Å²) in [5, 5.41) is -0.163. The Balaban J connectivity index is 0.000000235. The Bertz CT molecular complexity index is 706. The van der Waals surface area contributed by atoms with Crippen LogP contribution in [0.5, 0.6) is 0 Å². The van der Waals surface area contributed by atoms with E-state index in [0.717, 1.165) is 18.7 Å². The first-order chi connectivity index (χ1) is 9.75. The number of benzene rings is 1. The molecule has 0 unspecified atom stereocenters. The zero-order valence-electron chi connectivity index (χ0n) is 11.0. The van der Waals surface area contributed by atoms with Gasteiger partial charge in [0.1, 0.15) is 16.7 Å². The lowest BCUT2D eigenvalue weighted by atomic mass is 10.4. The van der Waals surface area contributed by atoms with Gasteiger partial charge in [0, 0.05) is 12.1 Å². The molecule has 0 atom stereocenters. The molecule has 0 bridgehead atoms. The first-order valence-corrected chi connectivity index (χ1v) is 8.34. The Kier molecular flexibility index (Phi) is 6.90. The normalized spacial score (nSPS) is 10.7. The molecule has 1 heterocycles. The third-order valence-corrected chi connectivity index (χ3v) is 4.41. The van der Waals surface area contributed by atoms with Crippen LogP contribution in [0.2, 0.25) is 15.1 Å². The molecule has 2 aromatic rings. The highest BCUT2D eigenvalue weighted by Crippen LogP contribution is 2.31. The SMILES string of the molecule is CC[n+]1ccccc1.O=S(=O)([O-])c1cc(Cl)c(Cl)cc1Cl. The molecule has 0 saturated heterocycles. The number of nitrogens with zero attached hydrogens (tertiary/aromatic N) is 1. The summed E-state index contributed by atoms with van der Waals surface area (Å²) in [6.07, 6.45) is 4.11. The van der Waals surface area contributed by atoms with Crippen LogP contribution in [-0.2, 0) is 16.7 Å². The van der Waals surface area contributed by atoms with Crippen molar-refractivity contribution in [3.05, 3.63) is 57.8 Å². The molecule has 0 N–H and O–H groups in total. The molecular formula is C13H12Cl3NO3S. The van der Waals surface area contributed by atoms with E-state index in [0.29, 0.717) is 0 Å². The van der Waals surface area contributed by atoms with Gasteiger partial charge < -0.3 is 4.55 Å². The zero-order chi connectivity index (χ0) is 16.0. The molecule has 0 aliphatic rings. The molecule has 114 valence electrons. The second kappa shape index (κ2) is 7.96. The average Bonchev–Trinajstić information content (AvgIpc) is 2.43. The van der Waals surface area contributed by atoms with E-state index in [1.54, 1.807) is 0 Å². The summed E-state index contributed by atoms with van der Waals surface area (Å²) in [6.45, 7) is 3.18. The molecule has 0 fully saturated rings. The van der Waals surface area contributed by atoms with Crippen LogP contribution in [0.25, 0.3) is 0 Å². The molecule has 1 aromatic heterocycles. The highest BCUT2D eigenvalue weighted by Gasteiger charge is 2.10. The fourth-order valence-corrected chi connectivity index (χ4v) is 2.80. The van der Waals surface area contributed by atoms with Crippen molar-refractivity contribution in [2.75, 3.05) is 0 Å². The summed E-state index contributed by atoms with van der Waals surface area (Å²) in [4.78, 5) is -0.566. The van der Waals surface area contributed by atoms with Gasteiger partial charge in [-0.3, -0.25) is 0 Å². The minimum atomic E-state index is -4.60. The van der Waals surface area contributed by atoms with Gasteiger partial charge >= 0.3 is 0 Å². The maximum absolute atomic E-state index is 10.6. The van der Waals surface area contributed by atoms with Crippen molar-refractivity contribution in [1.29, 1.82) is 0 Å². The number of hydrogen-bond donors (Lipinski definition) is 0. The van der Waals surface area contributed by atoms with E-state index in [1.807, 2.05) is 18.2 Å². The highest BCUT2D eigenvalue weighted by atomic mass is 35.5. The van der Waals surface area contributed by atoms with Gasteiger partial charge in [0.2, 0.25) is 0 Å². The van der Waals surface area contributed by atoms with Gasteiger partial charge in [-0.25, -0.2) is 13.0 Å². The van der Waals surface area contributed by atoms with Gasteiger partial charge in [-0.05, 0) is 19.1 Å². The number of aromatic nitrogens is 1. The lowest BCUT2D eigenvalue weighted by Crippen LogP contribution is -2.30. The summed E-state index contributed by atoms with van der Waals surface area (Å²) < 4.78 is 33.9. The maximum Gasteiger partial charge on any atom is 0.168 e. The van der Waals surface area contributed by atoms with Crippen molar-refractivity contribution in [1.82, 2.24) is 0 Å². The van der Waals surface area contributed by atoms with E-state index >= 15 is 0 Å². The van der Waals surface area contributed by atoms with E-state index < -0.39 is 15.0 Å². The monoisotopic (exact) mass is 367 g/mol. The van der Waals surface area contributed by atoms with Gasteiger partial charge in [-0.1, -0.05) is 40.9 Å². The van der Waals surface area contributed by atoms with Crippen LogP contribution in [0, 0.1) is 0 Å². The minimum absolute atomic E-state index is 0.0273. The van der Waals surface area contributed by atoms with Crippen LogP contribution in [0.15, 0.2) is 47.6 Å². The Morgan fingerprint density at radius 2 is 1.52 bits per heavy atom. The van der Waals surface area contributed by atoms with Gasteiger partial charge in [-0.15, -0.1) is 0 Å².